The molecule has 0 spiro atoms. The maximum atomic E-state index is 13.8. The van der Waals surface area contributed by atoms with Crippen molar-refractivity contribution in [3.63, 3.8) is 0 Å². The van der Waals surface area contributed by atoms with Gasteiger partial charge in [-0.1, -0.05) is 45.0 Å². The van der Waals surface area contributed by atoms with Gasteiger partial charge in [-0.2, -0.15) is 0 Å². The molecule has 5 atom stereocenters. The van der Waals surface area contributed by atoms with Crippen molar-refractivity contribution in [3.05, 3.63) is 41.0 Å². The Hall–Kier alpha value is -2.90. The fourth-order valence-corrected chi connectivity index (χ4v) is 7.67. The molecular weight excluding hydrogens is 618 g/mol. The van der Waals surface area contributed by atoms with Crippen LogP contribution in [0.5, 0.6) is 0 Å². The Morgan fingerprint density at radius 1 is 1.11 bits per heavy atom. The fraction of sp³-hybridized carbons (Fsp3) is 0.657. The Morgan fingerprint density at radius 3 is 2.60 bits per heavy atom. The average molecular weight is 670 g/mol. The van der Waals surface area contributed by atoms with Gasteiger partial charge in [0.05, 0.1) is 34.9 Å². The zero-order chi connectivity index (χ0) is 33.6. The highest BCUT2D eigenvalue weighted by Gasteiger charge is 2.44. The van der Waals surface area contributed by atoms with E-state index in [0.717, 1.165) is 41.1 Å². The van der Waals surface area contributed by atoms with Crippen molar-refractivity contribution in [2.45, 2.75) is 103 Å². The summed E-state index contributed by atoms with van der Waals surface area (Å²) in [7, 11) is 0. The molecule has 5 rings (SSSR count). The zero-order valence-electron chi connectivity index (χ0n) is 28.2. The van der Waals surface area contributed by atoms with E-state index in [-0.39, 0.29) is 43.7 Å². The van der Waals surface area contributed by atoms with Gasteiger partial charge in [-0.3, -0.25) is 19.3 Å². The van der Waals surface area contributed by atoms with Crippen LogP contribution in [0, 0.1) is 12.3 Å². The predicted octanol–water partition coefficient (Wildman–Crippen LogP) is 3.28. The number of amides is 3. The summed E-state index contributed by atoms with van der Waals surface area (Å²) in [5.74, 6) is -1.00. The lowest BCUT2D eigenvalue weighted by molar-refractivity contribution is -0.144. The van der Waals surface area contributed by atoms with Gasteiger partial charge in [-0.05, 0) is 55.7 Å². The van der Waals surface area contributed by atoms with Crippen LogP contribution in [0.2, 0.25) is 0 Å². The molecule has 0 saturated carbocycles. The Balaban J connectivity index is 1.05. The molecule has 3 aliphatic heterocycles. The third-order valence-corrected chi connectivity index (χ3v) is 10.4. The molecule has 0 bridgehead atoms. The number of carbonyl (C=O) groups is 3. The number of β-amino-alcohol motifs (C(OH)–C–C–N with tert-alkyl or cyclic N) is 1. The fourth-order valence-electron chi connectivity index (χ4n) is 6.85. The topological polar surface area (TPSA) is 133 Å². The van der Waals surface area contributed by atoms with Crippen LogP contribution in [0.25, 0.3) is 10.4 Å². The minimum absolute atomic E-state index is 0.0347. The second kappa shape index (κ2) is 16.0. The number of hydrogen-bond acceptors (Lipinski definition) is 9. The molecule has 0 radical (unpaired) electrons. The van der Waals surface area contributed by atoms with E-state index in [1.54, 1.807) is 11.3 Å². The standard InChI is InChI=1S/C35H51N5O6S/c1-23-31(47-22-37-23)25-10-8-24(9-11-25)19-36-33(43)29-18-27(41)20-40(29)34(44)32(35(2,3)4)38-30(42)12-16-45-14-6-15-46-28-17-26-7-5-13-39(26)21-28/h8-11,22,26-29,32,41H,5-7,12-21H2,1-4H3,(H,36,43)(H,38,42)/t26?,27-,28?,29?,32?/m1/s1. The number of aromatic nitrogens is 1. The number of thiazole rings is 1. The van der Waals surface area contributed by atoms with Crippen molar-refractivity contribution < 1.29 is 29.0 Å². The molecule has 4 heterocycles. The van der Waals surface area contributed by atoms with E-state index in [4.69, 9.17) is 9.47 Å². The predicted molar refractivity (Wildman–Crippen MR) is 181 cm³/mol. The molecule has 12 heteroatoms. The molecule has 11 nitrogen and oxygen atoms in total. The zero-order valence-corrected chi connectivity index (χ0v) is 29.0. The van der Waals surface area contributed by atoms with Crippen LogP contribution in [0.4, 0.5) is 0 Å². The molecule has 0 aliphatic carbocycles. The van der Waals surface area contributed by atoms with Gasteiger partial charge in [0, 0.05) is 51.7 Å². The van der Waals surface area contributed by atoms with Crippen LogP contribution in [0.15, 0.2) is 29.8 Å². The second-order valence-corrected chi connectivity index (χ2v) is 15.0. The minimum Gasteiger partial charge on any atom is -0.391 e. The first kappa shape index (κ1) is 35.4. The lowest BCUT2D eigenvalue weighted by Crippen LogP contribution is -2.57. The summed E-state index contributed by atoms with van der Waals surface area (Å²) in [6.45, 7) is 11.6. The maximum absolute atomic E-state index is 13.8. The number of hydrogen-bond donors (Lipinski definition) is 3. The first-order chi connectivity index (χ1) is 22.5. The first-order valence-corrected chi connectivity index (χ1v) is 17.9. The first-order valence-electron chi connectivity index (χ1n) is 17.0. The lowest BCUT2D eigenvalue weighted by atomic mass is 9.85. The molecule has 258 valence electrons. The van der Waals surface area contributed by atoms with E-state index in [2.05, 4.69) is 20.5 Å². The van der Waals surface area contributed by atoms with E-state index < -0.39 is 23.6 Å². The number of carbonyl (C=O) groups excluding carboxylic acids is 3. The van der Waals surface area contributed by atoms with Crippen LogP contribution < -0.4 is 10.6 Å². The summed E-state index contributed by atoms with van der Waals surface area (Å²) in [5, 5.41) is 16.3. The summed E-state index contributed by atoms with van der Waals surface area (Å²) < 4.78 is 11.7. The van der Waals surface area contributed by atoms with Crippen LogP contribution in [-0.2, 0) is 30.4 Å². The maximum Gasteiger partial charge on any atom is 0.246 e. The van der Waals surface area contributed by atoms with Gasteiger partial charge in [0.25, 0.3) is 0 Å². The van der Waals surface area contributed by atoms with E-state index in [1.807, 2.05) is 57.5 Å². The number of aliphatic hydroxyl groups excluding tert-OH is 1. The van der Waals surface area contributed by atoms with Crippen molar-refractivity contribution in [2.24, 2.45) is 5.41 Å². The third kappa shape index (κ3) is 9.38. The summed E-state index contributed by atoms with van der Waals surface area (Å²) >= 11 is 1.59. The van der Waals surface area contributed by atoms with Gasteiger partial charge in [0.2, 0.25) is 17.7 Å². The quantitative estimate of drug-likeness (QED) is 0.261. The second-order valence-electron chi connectivity index (χ2n) is 14.2. The summed E-state index contributed by atoms with van der Waals surface area (Å²) in [6.07, 6.45) is 4.23. The van der Waals surface area contributed by atoms with Crippen molar-refractivity contribution >= 4 is 29.1 Å². The molecular formula is C35H51N5O6S. The van der Waals surface area contributed by atoms with Gasteiger partial charge in [-0.15, -0.1) is 11.3 Å². The number of ether oxygens (including phenoxy) is 2. The molecule has 4 unspecified atom stereocenters. The number of aryl methyl sites for hydroxylation is 1. The number of likely N-dealkylation sites (tertiary alicyclic amines) is 1. The summed E-state index contributed by atoms with van der Waals surface area (Å²) in [4.78, 5) is 49.4. The van der Waals surface area contributed by atoms with Crippen molar-refractivity contribution in [2.75, 3.05) is 39.5 Å². The number of nitrogens with zero attached hydrogens (tertiary/aromatic N) is 3. The number of fused-ring (bicyclic) bond motifs is 1. The molecule has 3 N–H and O–H groups in total. The highest BCUT2D eigenvalue weighted by Crippen LogP contribution is 2.30. The molecule has 1 aromatic carbocycles. The number of benzene rings is 1. The van der Waals surface area contributed by atoms with Gasteiger partial charge < -0.3 is 30.1 Å². The molecule has 47 heavy (non-hydrogen) atoms. The summed E-state index contributed by atoms with van der Waals surface area (Å²) in [6, 6.07) is 6.94. The lowest BCUT2D eigenvalue weighted by Gasteiger charge is -2.35. The normalized spacial score (nSPS) is 23.6. The minimum atomic E-state index is -0.867. The largest absolute Gasteiger partial charge is 0.391 e. The third-order valence-electron chi connectivity index (χ3n) is 9.44. The van der Waals surface area contributed by atoms with E-state index in [1.165, 1.54) is 24.3 Å². The van der Waals surface area contributed by atoms with Crippen LogP contribution in [0.3, 0.4) is 0 Å². The SMILES string of the molecule is Cc1ncsc1-c1ccc(CNC(=O)C2C[C@@H](O)CN2C(=O)C(NC(=O)CCOCCCOC2CC3CCCN3C2)C(C)(C)C)cc1. The van der Waals surface area contributed by atoms with E-state index in [9.17, 15) is 19.5 Å². The molecule has 3 aliphatic rings. The molecule has 1 aromatic heterocycles. The van der Waals surface area contributed by atoms with Gasteiger partial charge in [0.15, 0.2) is 0 Å². The van der Waals surface area contributed by atoms with Crippen LogP contribution in [0.1, 0.15) is 70.6 Å². The van der Waals surface area contributed by atoms with Crippen molar-refractivity contribution in [1.82, 2.24) is 25.4 Å². The molecule has 3 fully saturated rings. The Morgan fingerprint density at radius 2 is 1.89 bits per heavy atom. The monoisotopic (exact) mass is 669 g/mol. The highest BCUT2D eigenvalue weighted by molar-refractivity contribution is 7.13. The number of aliphatic hydroxyl groups is 1. The van der Waals surface area contributed by atoms with Crippen molar-refractivity contribution in [3.8, 4) is 10.4 Å². The summed E-state index contributed by atoms with van der Waals surface area (Å²) in [5.41, 5.74) is 4.18. The Bertz CT molecular complexity index is 1350. The van der Waals surface area contributed by atoms with Gasteiger partial charge in [0.1, 0.15) is 12.1 Å². The van der Waals surface area contributed by atoms with E-state index >= 15 is 0 Å². The average Bonchev–Trinajstić information content (AvgIpc) is 3.82. The smallest absolute Gasteiger partial charge is 0.246 e. The number of nitrogens with one attached hydrogen (secondary N) is 2. The Labute approximate surface area is 282 Å². The van der Waals surface area contributed by atoms with E-state index in [0.29, 0.717) is 31.9 Å². The molecule has 2 aromatic rings. The Kier molecular flexibility index (Phi) is 12.1. The molecule has 3 amide bonds. The highest BCUT2D eigenvalue weighted by atomic mass is 32.1. The van der Waals surface area contributed by atoms with Crippen LogP contribution >= 0.6 is 11.3 Å². The van der Waals surface area contributed by atoms with Gasteiger partial charge >= 0.3 is 0 Å². The molecule has 3 saturated heterocycles. The van der Waals surface area contributed by atoms with Crippen LogP contribution in [-0.4, -0.2) is 107 Å². The van der Waals surface area contributed by atoms with Gasteiger partial charge in [-0.25, -0.2) is 4.98 Å². The van der Waals surface area contributed by atoms with Crippen molar-refractivity contribution in [1.29, 1.82) is 0 Å². The number of rotatable bonds is 14.